The summed E-state index contributed by atoms with van der Waals surface area (Å²) in [5.41, 5.74) is 0.484. The molecule has 0 aliphatic rings. The first-order chi connectivity index (χ1) is 13.7. The van der Waals surface area contributed by atoms with Crippen LogP contribution in [0.1, 0.15) is 149 Å². The Labute approximate surface area is 176 Å². The quantitative estimate of drug-likeness (QED) is 0.147. The Balaban J connectivity index is 3.09. The minimum absolute atomic E-state index is 0.484. The van der Waals surface area contributed by atoms with E-state index in [1.165, 1.54) is 122 Å². The Morgan fingerprint density at radius 3 is 1.14 bits per heavy atom. The first kappa shape index (κ1) is 27.2. The van der Waals surface area contributed by atoms with Gasteiger partial charge >= 0.3 is 5.97 Å². The van der Waals surface area contributed by atoms with Gasteiger partial charge in [0.1, 0.15) is 0 Å². The van der Waals surface area contributed by atoms with Gasteiger partial charge in [0, 0.05) is 5.57 Å². The summed E-state index contributed by atoms with van der Waals surface area (Å²) < 4.78 is 0. The molecule has 0 saturated heterocycles. The van der Waals surface area contributed by atoms with Gasteiger partial charge in [-0.2, -0.15) is 0 Å². The molecule has 2 nitrogen and oxygen atoms in total. The van der Waals surface area contributed by atoms with Gasteiger partial charge in [0.25, 0.3) is 0 Å². The molecule has 0 fully saturated rings. The van der Waals surface area contributed by atoms with Gasteiger partial charge in [0.05, 0.1) is 0 Å². The molecule has 0 bridgehead atoms. The Hall–Kier alpha value is -0.790. The number of hydrogen-bond donors (Lipinski definition) is 1. The van der Waals surface area contributed by atoms with E-state index in [0.717, 1.165) is 12.8 Å². The molecule has 1 N–H and O–H groups in total. The lowest BCUT2D eigenvalue weighted by Crippen LogP contribution is -1.95. The number of rotatable bonds is 22. The van der Waals surface area contributed by atoms with Crippen LogP contribution in [-0.4, -0.2) is 11.1 Å². The molecular formula is C26H50O2. The van der Waals surface area contributed by atoms with Crippen molar-refractivity contribution in [3.63, 3.8) is 0 Å². The summed E-state index contributed by atoms with van der Waals surface area (Å²) in [6.07, 6.45) is 30.7. The van der Waals surface area contributed by atoms with Crippen LogP contribution < -0.4 is 0 Å². The summed E-state index contributed by atoms with van der Waals surface area (Å²) in [4.78, 5) is 10.7. The van der Waals surface area contributed by atoms with Gasteiger partial charge in [-0.3, -0.25) is 0 Å². The van der Waals surface area contributed by atoms with Crippen LogP contribution in [0.5, 0.6) is 0 Å². The van der Waals surface area contributed by atoms with Crippen LogP contribution in [0.2, 0.25) is 0 Å². The molecular weight excluding hydrogens is 344 g/mol. The van der Waals surface area contributed by atoms with E-state index in [9.17, 15) is 4.79 Å². The second-order valence-electron chi connectivity index (χ2n) is 8.70. The van der Waals surface area contributed by atoms with Gasteiger partial charge in [-0.25, -0.2) is 4.79 Å². The third-order valence-corrected chi connectivity index (χ3v) is 5.85. The van der Waals surface area contributed by atoms with E-state index in [1.54, 1.807) is 6.92 Å². The fourth-order valence-corrected chi connectivity index (χ4v) is 3.81. The minimum Gasteiger partial charge on any atom is -0.478 e. The molecule has 0 atom stereocenters. The topological polar surface area (TPSA) is 37.3 Å². The molecule has 0 radical (unpaired) electrons. The van der Waals surface area contributed by atoms with Gasteiger partial charge < -0.3 is 5.11 Å². The number of allylic oxidation sites excluding steroid dienone is 1. The molecule has 0 amide bonds. The maximum atomic E-state index is 10.7. The smallest absolute Gasteiger partial charge is 0.330 e. The molecule has 0 heterocycles. The predicted molar refractivity (Wildman–Crippen MR) is 124 cm³/mol. The molecule has 0 aromatic heterocycles. The lowest BCUT2D eigenvalue weighted by Gasteiger charge is -2.04. The van der Waals surface area contributed by atoms with E-state index in [0.29, 0.717) is 5.57 Å². The maximum absolute atomic E-state index is 10.7. The van der Waals surface area contributed by atoms with Crippen molar-refractivity contribution in [3.05, 3.63) is 11.6 Å². The predicted octanol–water partition coefficient (Wildman–Crippen LogP) is 9.23. The van der Waals surface area contributed by atoms with Crippen molar-refractivity contribution >= 4 is 5.97 Å². The highest BCUT2D eigenvalue weighted by Crippen LogP contribution is 2.15. The highest BCUT2D eigenvalue weighted by Gasteiger charge is 1.98. The van der Waals surface area contributed by atoms with E-state index < -0.39 is 5.97 Å². The Kier molecular flexibility index (Phi) is 21.9. The molecule has 0 aliphatic carbocycles. The largest absolute Gasteiger partial charge is 0.478 e. The number of unbranched alkanes of at least 4 members (excludes halogenated alkanes) is 20. The molecule has 0 spiro atoms. The van der Waals surface area contributed by atoms with E-state index in [4.69, 9.17) is 5.11 Å². The standard InChI is InChI=1S/C26H50O2/c1-3-4-5-6-7-8-9-10-11-12-13-14-15-16-17-18-19-20-21-22-23-24-25(2)26(27)28/h24H,3-23H2,1-2H3,(H,27,28). The highest BCUT2D eigenvalue weighted by atomic mass is 16.4. The van der Waals surface area contributed by atoms with Gasteiger partial charge in [-0.15, -0.1) is 0 Å². The summed E-state index contributed by atoms with van der Waals surface area (Å²) in [7, 11) is 0. The van der Waals surface area contributed by atoms with Crippen molar-refractivity contribution in [2.75, 3.05) is 0 Å². The lowest BCUT2D eigenvalue weighted by molar-refractivity contribution is -0.132. The average Bonchev–Trinajstić information content (AvgIpc) is 2.68. The van der Waals surface area contributed by atoms with Crippen molar-refractivity contribution in [2.45, 2.75) is 149 Å². The average molecular weight is 395 g/mol. The van der Waals surface area contributed by atoms with Gasteiger partial charge in [-0.05, 0) is 19.8 Å². The third kappa shape index (κ3) is 21.5. The van der Waals surface area contributed by atoms with Gasteiger partial charge in [0.15, 0.2) is 0 Å². The minimum atomic E-state index is -0.784. The maximum Gasteiger partial charge on any atom is 0.330 e. The van der Waals surface area contributed by atoms with Crippen LogP contribution in [0.15, 0.2) is 11.6 Å². The molecule has 0 rings (SSSR count). The van der Waals surface area contributed by atoms with Gasteiger partial charge in [-0.1, -0.05) is 135 Å². The van der Waals surface area contributed by atoms with Crippen molar-refractivity contribution in [1.82, 2.24) is 0 Å². The summed E-state index contributed by atoms with van der Waals surface area (Å²) >= 11 is 0. The summed E-state index contributed by atoms with van der Waals surface area (Å²) in [5.74, 6) is -0.784. The highest BCUT2D eigenvalue weighted by molar-refractivity contribution is 5.85. The molecule has 2 heteroatoms. The number of hydrogen-bond acceptors (Lipinski definition) is 1. The Morgan fingerprint density at radius 1 is 0.571 bits per heavy atom. The monoisotopic (exact) mass is 394 g/mol. The Morgan fingerprint density at radius 2 is 0.857 bits per heavy atom. The number of carboxylic acids is 1. The fourth-order valence-electron chi connectivity index (χ4n) is 3.81. The van der Waals surface area contributed by atoms with Crippen LogP contribution in [0.3, 0.4) is 0 Å². The van der Waals surface area contributed by atoms with E-state index in [1.807, 2.05) is 6.08 Å². The van der Waals surface area contributed by atoms with E-state index in [2.05, 4.69) is 6.92 Å². The zero-order valence-electron chi connectivity index (χ0n) is 19.3. The van der Waals surface area contributed by atoms with Crippen LogP contribution in [-0.2, 0) is 4.79 Å². The molecule has 166 valence electrons. The SMILES string of the molecule is CCCCCCCCCCCCCCCCCCCCCCC=C(C)C(=O)O. The molecule has 0 saturated carbocycles. The third-order valence-electron chi connectivity index (χ3n) is 5.85. The number of carbonyl (C=O) groups is 1. The molecule has 0 unspecified atom stereocenters. The second-order valence-corrected chi connectivity index (χ2v) is 8.70. The van der Waals surface area contributed by atoms with Crippen molar-refractivity contribution in [2.24, 2.45) is 0 Å². The zero-order valence-corrected chi connectivity index (χ0v) is 19.3. The first-order valence-electron chi connectivity index (χ1n) is 12.6. The second kappa shape index (κ2) is 22.5. The van der Waals surface area contributed by atoms with Crippen LogP contribution in [0.25, 0.3) is 0 Å². The summed E-state index contributed by atoms with van der Waals surface area (Å²) in [6, 6.07) is 0. The van der Waals surface area contributed by atoms with E-state index >= 15 is 0 Å². The van der Waals surface area contributed by atoms with Crippen LogP contribution >= 0.6 is 0 Å². The molecule has 0 aliphatic heterocycles. The zero-order chi connectivity index (χ0) is 20.7. The van der Waals surface area contributed by atoms with Crippen molar-refractivity contribution < 1.29 is 9.90 Å². The number of aliphatic carboxylic acids is 1. The normalized spacial score (nSPS) is 11.9. The van der Waals surface area contributed by atoms with Gasteiger partial charge in [0.2, 0.25) is 0 Å². The molecule has 0 aromatic rings. The lowest BCUT2D eigenvalue weighted by atomic mass is 10.0. The van der Waals surface area contributed by atoms with Crippen molar-refractivity contribution in [3.8, 4) is 0 Å². The summed E-state index contributed by atoms with van der Waals surface area (Å²) in [5, 5.41) is 8.78. The molecule has 28 heavy (non-hydrogen) atoms. The fraction of sp³-hybridized carbons (Fsp3) is 0.885. The number of carboxylic acid groups (broad SMARTS) is 1. The van der Waals surface area contributed by atoms with Crippen LogP contribution in [0.4, 0.5) is 0 Å². The van der Waals surface area contributed by atoms with Crippen molar-refractivity contribution in [1.29, 1.82) is 0 Å². The Bertz CT molecular complexity index is 359. The first-order valence-corrected chi connectivity index (χ1v) is 12.6. The molecule has 0 aromatic carbocycles. The van der Waals surface area contributed by atoms with Crippen LogP contribution in [0, 0.1) is 0 Å². The summed E-state index contributed by atoms with van der Waals surface area (Å²) in [6.45, 7) is 3.97. The van der Waals surface area contributed by atoms with E-state index in [-0.39, 0.29) is 0 Å².